The molecule has 4 rings (SSSR count). The summed E-state index contributed by atoms with van der Waals surface area (Å²) in [5.74, 6) is 0.314. The van der Waals surface area contributed by atoms with Crippen molar-refractivity contribution in [2.24, 2.45) is 0 Å². The molecule has 2 aromatic heterocycles. The van der Waals surface area contributed by atoms with Gasteiger partial charge in [0.2, 0.25) is 11.9 Å². The van der Waals surface area contributed by atoms with Crippen molar-refractivity contribution in [2.75, 3.05) is 4.90 Å². The molecule has 8 heteroatoms. The molecule has 26 heavy (non-hydrogen) atoms. The van der Waals surface area contributed by atoms with Gasteiger partial charge < -0.3 is 20.0 Å². The smallest absolute Gasteiger partial charge is 0.287 e. The maximum Gasteiger partial charge on any atom is 0.287 e. The number of furan rings is 1. The first-order chi connectivity index (χ1) is 12.6. The number of amides is 2. The van der Waals surface area contributed by atoms with Gasteiger partial charge in [-0.2, -0.15) is 0 Å². The third-order valence-electron chi connectivity index (χ3n) is 5.13. The summed E-state index contributed by atoms with van der Waals surface area (Å²) >= 11 is 0. The van der Waals surface area contributed by atoms with E-state index in [1.54, 1.807) is 37.5 Å². The summed E-state index contributed by atoms with van der Waals surface area (Å²) in [5, 5.41) is 5.74. The Morgan fingerprint density at radius 1 is 1.27 bits per heavy atom. The van der Waals surface area contributed by atoms with Crippen LogP contribution < -0.4 is 15.5 Å². The number of rotatable bonds is 5. The maximum atomic E-state index is 12.5. The summed E-state index contributed by atoms with van der Waals surface area (Å²) in [6.07, 6.45) is 7.85. The van der Waals surface area contributed by atoms with E-state index in [2.05, 4.69) is 25.5 Å². The number of anilines is 1. The van der Waals surface area contributed by atoms with E-state index in [1.165, 1.54) is 6.26 Å². The average Bonchev–Trinajstić information content (AvgIpc) is 3.38. The van der Waals surface area contributed by atoms with Gasteiger partial charge in [0, 0.05) is 18.4 Å². The highest BCUT2D eigenvalue weighted by Crippen LogP contribution is 2.39. The lowest BCUT2D eigenvalue weighted by Gasteiger charge is -2.26. The number of carbonyl (C=O) groups excluding carboxylic acids is 2. The quantitative estimate of drug-likeness (QED) is 0.833. The monoisotopic (exact) mass is 355 g/mol. The van der Waals surface area contributed by atoms with Crippen LogP contribution in [0.3, 0.4) is 0 Å². The highest BCUT2D eigenvalue weighted by atomic mass is 16.3. The van der Waals surface area contributed by atoms with E-state index in [9.17, 15) is 9.59 Å². The Kier molecular flexibility index (Phi) is 4.32. The van der Waals surface area contributed by atoms with Crippen LogP contribution in [-0.4, -0.2) is 45.9 Å². The van der Waals surface area contributed by atoms with Crippen LogP contribution in [0.1, 0.15) is 36.7 Å². The molecule has 136 valence electrons. The molecule has 4 heterocycles. The fraction of sp³-hybridized carbons (Fsp3) is 0.444. The molecule has 2 N–H and O–H groups in total. The predicted octanol–water partition coefficient (Wildman–Crippen LogP) is 1.11. The fourth-order valence-corrected chi connectivity index (χ4v) is 3.93. The molecule has 0 spiro atoms. The zero-order valence-corrected chi connectivity index (χ0v) is 14.5. The number of hydrogen-bond donors (Lipinski definition) is 2. The van der Waals surface area contributed by atoms with Gasteiger partial charge in [0.05, 0.1) is 18.3 Å². The molecule has 2 amide bonds. The van der Waals surface area contributed by atoms with Crippen LogP contribution in [0.15, 0.2) is 41.3 Å². The lowest BCUT2D eigenvalue weighted by atomic mass is 9.95. The molecule has 0 aromatic carbocycles. The second-order valence-corrected chi connectivity index (χ2v) is 6.78. The van der Waals surface area contributed by atoms with Crippen molar-refractivity contribution in [3.05, 3.63) is 42.6 Å². The van der Waals surface area contributed by atoms with E-state index < -0.39 is 11.9 Å². The summed E-state index contributed by atoms with van der Waals surface area (Å²) in [4.78, 5) is 35.5. The second kappa shape index (κ2) is 6.78. The topological polar surface area (TPSA) is 100 Å². The molecule has 0 aliphatic carbocycles. The number of hydrogen-bond acceptors (Lipinski definition) is 6. The van der Waals surface area contributed by atoms with Crippen LogP contribution in [0.5, 0.6) is 0 Å². The number of carbonyl (C=O) groups is 2. The predicted molar refractivity (Wildman–Crippen MR) is 93.5 cm³/mol. The van der Waals surface area contributed by atoms with Gasteiger partial charge in [-0.25, -0.2) is 9.97 Å². The molecule has 8 nitrogen and oxygen atoms in total. The lowest BCUT2D eigenvalue weighted by molar-refractivity contribution is -0.123. The van der Waals surface area contributed by atoms with E-state index >= 15 is 0 Å². The van der Waals surface area contributed by atoms with E-state index in [4.69, 9.17) is 4.42 Å². The zero-order chi connectivity index (χ0) is 18.1. The van der Waals surface area contributed by atoms with Crippen molar-refractivity contribution in [2.45, 2.75) is 50.4 Å². The van der Waals surface area contributed by atoms with E-state index in [1.807, 2.05) is 0 Å². The number of nitrogens with one attached hydrogen (secondary N) is 2. The van der Waals surface area contributed by atoms with Gasteiger partial charge in [-0.3, -0.25) is 9.59 Å². The number of fused-ring (bicyclic) bond motifs is 2. The van der Waals surface area contributed by atoms with Crippen LogP contribution in [-0.2, 0) is 4.79 Å². The van der Waals surface area contributed by atoms with E-state index in [0.29, 0.717) is 6.04 Å². The Morgan fingerprint density at radius 2 is 2.08 bits per heavy atom. The Hall–Kier alpha value is -2.90. The normalized spacial score (nSPS) is 25.1. The molecular weight excluding hydrogens is 334 g/mol. The highest BCUT2D eigenvalue weighted by molar-refractivity contribution is 5.95. The largest absolute Gasteiger partial charge is 0.459 e. The Labute approximate surface area is 151 Å². The zero-order valence-electron chi connectivity index (χ0n) is 14.5. The van der Waals surface area contributed by atoms with Crippen molar-refractivity contribution in [3.8, 4) is 0 Å². The van der Waals surface area contributed by atoms with Crippen molar-refractivity contribution in [1.29, 1.82) is 0 Å². The third kappa shape index (κ3) is 3.02. The van der Waals surface area contributed by atoms with Gasteiger partial charge in [-0.1, -0.05) is 0 Å². The number of nitrogens with zero attached hydrogens (tertiary/aromatic N) is 3. The number of aromatic nitrogens is 2. The van der Waals surface area contributed by atoms with Gasteiger partial charge in [0.25, 0.3) is 5.91 Å². The Bertz CT molecular complexity index is 779. The summed E-state index contributed by atoms with van der Waals surface area (Å²) < 4.78 is 5.05. The minimum absolute atomic E-state index is 0.0352. The first-order valence-corrected chi connectivity index (χ1v) is 8.83. The van der Waals surface area contributed by atoms with Gasteiger partial charge in [-0.05, 0) is 44.4 Å². The van der Waals surface area contributed by atoms with Crippen molar-refractivity contribution in [3.63, 3.8) is 0 Å². The van der Waals surface area contributed by atoms with Crippen LogP contribution in [0.25, 0.3) is 0 Å². The Balaban J connectivity index is 1.37. The average molecular weight is 355 g/mol. The van der Waals surface area contributed by atoms with E-state index in [0.717, 1.165) is 25.2 Å². The van der Waals surface area contributed by atoms with Gasteiger partial charge >= 0.3 is 0 Å². The molecule has 2 aliphatic heterocycles. The SMILES string of the molecule is C[C@H](NC(=O)c1ccco1)C(=O)N[C@@H]1C[C@@H]2CC[C@H]1N2c1ncccn1. The third-order valence-corrected chi connectivity index (χ3v) is 5.13. The molecule has 2 fully saturated rings. The van der Waals surface area contributed by atoms with Crippen molar-refractivity contribution < 1.29 is 14.0 Å². The second-order valence-electron chi connectivity index (χ2n) is 6.78. The molecule has 2 saturated heterocycles. The van der Waals surface area contributed by atoms with E-state index in [-0.39, 0.29) is 23.8 Å². The minimum atomic E-state index is -0.645. The van der Waals surface area contributed by atoms with Crippen LogP contribution in [0.2, 0.25) is 0 Å². The molecule has 2 aromatic rings. The maximum absolute atomic E-state index is 12.5. The standard InChI is InChI=1S/C18H21N5O3/c1-11(21-17(25)15-4-2-9-26-15)16(24)22-13-10-12-5-6-14(13)23(12)18-19-7-3-8-20-18/h2-4,7-9,11-14H,5-6,10H2,1H3,(H,21,25)(H,22,24)/t11-,12-,13+,14+/m0/s1. The van der Waals surface area contributed by atoms with Gasteiger partial charge in [0.1, 0.15) is 6.04 Å². The lowest BCUT2D eigenvalue weighted by Crippen LogP contribution is -2.51. The summed E-state index contributed by atoms with van der Waals surface area (Å²) in [6, 6.07) is 4.92. The van der Waals surface area contributed by atoms with Crippen LogP contribution in [0, 0.1) is 0 Å². The van der Waals surface area contributed by atoms with Crippen LogP contribution in [0.4, 0.5) is 5.95 Å². The summed E-state index contributed by atoms with van der Waals surface area (Å²) in [5.41, 5.74) is 0. The molecular formula is C18H21N5O3. The van der Waals surface area contributed by atoms with Crippen LogP contribution >= 0.6 is 0 Å². The molecule has 4 atom stereocenters. The van der Waals surface area contributed by atoms with Crippen molar-refractivity contribution in [1.82, 2.24) is 20.6 Å². The molecule has 0 unspecified atom stereocenters. The highest BCUT2D eigenvalue weighted by Gasteiger charge is 2.48. The molecule has 0 radical (unpaired) electrons. The first kappa shape index (κ1) is 16.6. The minimum Gasteiger partial charge on any atom is -0.459 e. The molecule has 2 aliphatic rings. The molecule has 0 saturated carbocycles. The van der Waals surface area contributed by atoms with Crippen molar-refractivity contribution >= 4 is 17.8 Å². The first-order valence-electron chi connectivity index (χ1n) is 8.83. The summed E-state index contributed by atoms with van der Waals surface area (Å²) in [6.45, 7) is 1.67. The fourth-order valence-electron chi connectivity index (χ4n) is 3.93. The Morgan fingerprint density at radius 3 is 2.81 bits per heavy atom. The summed E-state index contributed by atoms with van der Waals surface area (Å²) in [7, 11) is 0. The molecule has 2 bridgehead atoms. The van der Waals surface area contributed by atoms with Gasteiger partial charge in [0.15, 0.2) is 5.76 Å². The van der Waals surface area contributed by atoms with Gasteiger partial charge in [-0.15, -0.1) is 0 Å².